The van der Waals surface area contributed by atoms with Crippen LogP contribution in [0.1, 0.15) is 18.4 Å². The molecule has 2 rings (SSSR count). The molecular formula is C14H17Br2NO. The molecule has 1 heterocycles. The van der Waals surface area contributed by atoms with Crippen molar-refractivity contribution in [2.75, 3.05) is 18.4 Å². The van der Waals surface area contributed by atoms with Crippen LogP contribution in [0.2, 0.25) is 0 Å². The second kappa shape index (κ2) is 6.71. The molecular weight excluding hydrogens is 358 g/mol. The summed E-state index contributed by atoms with van der Waals surface area (Å²) in [4.78, 5) is 14.2. The van der Waals surface area contributed by atoms with Crippen molar-refractivity contribution in [3.05, 3.63) is 34.3 Å². The minimum Gasteiger partial charge on any atom is -0.342 e. The summed E-state index contributed by atoms with van der Waals surface area (Å²) in [5.74, 6) is 0.938. The van der Waals surface area contributed by atoms with Gasteiger partial charge in [-0.25, -0.2) is 0 Å². The number of hydrogen-bond acceptors (Lipinski definition) is 1. The third kappa shape index (κ3) is 3.82. The lowest BCUT2D eigenvalue weighted by Crippen LogP contribution is -2.30. The molecule has 0 N–H and O–H groups in total. The summed E-state index contributed by atoms with van der Waals surface area (Å²) in [6.45, 7) is 1.86. The zero-order valence-electron chi connectivity index (χ0n) is 10.2. The van der Waals surface area contributed by atoms with Crippen LogP contribution >= 0.6 is 31.9 Å². The van der Waals surface area contributed by atoms with E-state index in [-0.39, 0.29) is 5.91 Å². The Morgan fingerprint density at radius 2 is 2.06 bits per heavy atom. The second-order valence-corrected chi connectivity index (χ2v) is 6.48. The van der Waals surface area contributed by atoms with E-state index in [1.165, 1.54) is 6.42 Å². The predicted octanol–water partition coefficient (Wildman–Crippen LogP) is 3.63. The van der Waals surface area contributed by atoms with Crippen LogP contribution in [0.25, 0.3) is 0 Å². The Labute approximate surface area is 125 Å². The summed E-state index contributed by atoms with van der Waals surface area (Å²) < 4.78 is 1.05. The van der Waals surface area contributed by atoms with Gasteiger partial charge in [-0.3, -0.25) is 4.79 Å². The zero-order chi connectivity index (χ0) is 13.0. The highest BCUT2D eigenvalue weighted by Gasteiger charge is 2.25. The average molecular weight is 375 g/mol. The highest BCUT2D eigenvalue weighted by Crippen LogP contribution is 2.21. The first-order chi connectivity index (χ1) is 8.69. The molecule has 98 valence electrons. The van der Waals surface area contributed by atoms with E-state index < -0.39 is 0 Å². The molecule has 0 saturated carbocycles. The summed E-state index contributed by atoms with van der Waals surface area (Å²) in [6, 6.07) is 7.99. The van der Waals surface area contributed by atoms with E-state index in [2.05, 4.69) is 31.9 Å². The van der Waals surface area contributed by atoms with Crippen molar-refractivity contribution in [2.45, 2.75) is 19.3 Å². The topological polar surface area (TPSA) is 20.3 Å². The first-order valence-electron chi connectivity index (χ1n) is 6.27. The number of likely N-dealkylation sites (tertiary alicyclic amines) is 1. The fraction of sp³-hybridized carbons (Fsp3) is 0.500. The standard InChI is InChI=1S/C14H17Br2NO/c15-7-5-12-6-8-17(10-12)14(18)9-11-1-3-13(16)4-2-11/h1-4,12H,5-10H2. The summed E-state index contributed by atoms with van der Waals surface area (Å²) in [6.07, 6.45) is 2.84. The van der Waals surface area contributed by atoms with Crippen LogP contribution in [-0.4, -0.2) is 29.2 Å². The monoisotopic (exact) mass is 373 g/mol. The van der Waals surface area contributed by atoms with Crippen LogP contribution in [0, 0.1) is 5.92 Å². The van der Waals surface area contributed by atoms with E-state index in [9.17, 15) is 4.79 Å². The molecule has 0 bridgehead atoms. The number of benzene rings is 1. The largest absolute Gasteiger partial charge is 0.342 e. The molecule has 0 radical (unpaired) electrons. The van der Waals surface area contributed by atoms with Crippen LogP contribution in [0.15, 0.2) is 28.7 Å². The molecule has 2 nitrogen and oxygen atoms in total. The molecule has 18 heavy (non-hydrogen) atoms. The van der Waals surface area contributed by atoms with Crippen LogP contribution in [0.3, 0.4) is 0 Å². The van der Waals surface area contributed by atoms with Gasteiger partial charge in [-0.15, -0.1) is 0 Å². The Morgan fingerprint density at radius 1 is 1.33 bits per heavy atom. The first kappa shape index (κ1) is 14.1. The molecule has 1 fully saturated rings. The fourth-order valence-electron chi connectivity index (χ4n) is 2.34. The normalized spacial score (nSPS) is 19.2. The number of amides is 1. The van der Waals surface area contributed by atoms with Crippen molar-refractivity contribution >= 4 is 37.8 Å². The Bertz CT molecular complexity index is 405. The molecule has 1 saturated heterocycles. The third-order valence-electron chi connectivity index (χ3n) is 3.42. The summed E-state index contributed by atoms with van der Waals surface area (Å²) in [5.41, 5.74) is 1.09. The third-order valence-corrected chi connectivity index (χ3v) is 4.41. The molecule has 1 aliphatic rings. The van der Waals surface area contributed by atoms with E-state index in [1.54, 1.807) is 0 Å². The van der Waals surface area contributed by atoms with Crippen LogP contribution < -0.4 is 0 Å². The molecule has 1 unspecified atom stereocenters. The van der Waals surface area contributed by atoms with E-state index in [4.69, 9.17) is 0 Å². The summed E-state index contributed by atoms with van der Waals surface area (Å²) >= 11 is 6.87. The predicted molar refractivity (Wildman–Crippen MR) is 80.9 cm³/mol. The summed E-state index contributed by atoms with van der Waals surface area (Å²) in [7, 11) is 0. The van der Waals surface area contributed by atoms with E-state index >= 15 is 0 Å². The van der Waals surface area contributed by atoms with Gasteiger partial charge in [0, 0.05) is 22.9 Å². The van der Waals surface area contributed by atoms with Gasteiger partial charge >= 0.3 is 0 Å². The van der Waals surface area contributed by atoms with Crippen molar-refractivity contribution in [2.24, 2.45) is 5.92 Å². The maximum absolute atomic E-state index is 12.2. The van der Waals surface area contributed by atoms with Gasteiger partial charge in [0.05, 0.1) is 6.42 Å². The second-order valence-electron chi connectivity index (χ2n) is 4.78. The van der Waals surface area contributed by atoms with E-state index in [0.29, 0.717) is 12.3 Å². The Balaban J connectivity index is 1.87. The average Bonchev–Trinajstić information content (AvgIpc) is 2.81. The SMILES string of the molecule is O=C(Cc1ccc(Br)cc1)N1CCC(CCBr)C1. The van der Waals surface area contributed by atoms with Crippen LogP contribution in [-0.2, 0) is 11.2 Å². The number of carbonyl (C=O) groups is 1. The molecule has 1 atom stereocenters. The lowest BCUT2D eigenvalue weighted by atomic mass is 10.1. The van der Waals surface area contributed by atoms with Crippen LogP contribution in [0.5, 0.6) is 0 Å². The number of alkyl halides is 1. The molecule has 1 aliphatic heterocycles. The number of rotatable bonds is 4. The Hall–Kier alpha value is -0.350. The van der Waals surface area contributed by atoms with E-state index in [0.717, 1.165) is 34.9 Å². The maximum atomic E-state index is 12.2. The molecule has 4 heteroatoms. The molecule has 1 amide bonds. The minimum atomic E-state index is 0.259. The van der Waals surface area contributed by atoms with Gasteiger partial charge in [-0.05, 0) is 36.5 Å². The van der Waals surface area contributed by atoms with E-state index in [1.807, 2.05) is 29.2 Å². The van der Waals surface area contributed by atoms with Crippen molar-refractivity contribution in [3.8, 4) is 0 Å². The number of halogens is 2. The van der Waals surface area contributed by atoms with Crippen LogP contribution in [0.4, 0.5) is 0 Å². The van der Waals surface area contributed by atoms with Gasteiger partial charge in [0.25, 0.3) is 0 Å². The Kier molecular flexibility index (Phi) is 5.25. The molecule has 1 aromatic rings. The Morgan fingerprint density at radius 3 is 2.72 bits per heavy atom. The molecule has 0 aromatic heterocycles. The van der Waals surface area contributed by atoms with Gasteiger partial charge in [0.2, 0.25) is 5.91 Å². The van der Waals surface area contributed by atoms with Crippen molar-refractivity contribution < 1.29 is 4.79 Å². The van der Waals surface area contributed by atoms with Gasteiger partial charge in [-0.2, -0.15) is 0 Å². The van der Waals surface area contributed by atoms with Gasteiger partial charge < -0.3 is 4.90 Å². The van der Waals surface area contributed by atoms with Gasteiger partial charge in [0.1, 0.15) is 0 Å². The van der Waals surface area contributed by atoms with Gasteiger partial charge in [0.15, 0.2) is 0 Å². The smallest absolute Gasteiger partial charge is 0.226 e. The lowest BCUT2D eigenvalue weighted by Gasteiger charge is -2.16. The fourth-order valence-corrected chi connectivity index (χ4v) is 3.25. The molecule has 0 spiro atoms. The van der Waals surface area contributed by atoms with Crippen molar-refractivity contribution in [3.63, 3.8) is 0 Å². The lowest BCUT2D eigenvalue weighted by molar-refractivity contribution is -0.129. The maximum Gasteiger partial charge on any atom is 0.226 e. The highest BCUT2D eigenvalue weighted by molar-refractivity contribution is 9.10. The number of nitrogens with zero attached hydrogens (tertiary/aromatic N) is 1. The number of carbonyl (C=O) groups excluding carboxylic acids is 1. The van der Waals surface area contributed by atoms with Crippen molar-refractivity contribution in [1.82, 2.24) is 4.90 Å². The number of hydrogen-bond donors (Lipinski definition) is 0. The van der Waals surface area contributed by atoms with Crippen molar-refractivity contribution in [1.29, 1.82) is 0 Å². The minimum absolute atomic E-state index is 0.259. The zero-order valence-corrected chi connectivity index (χ0v) is 13.4. The quantitative estimate of drug-likeness (QED) is 0.737. The molecule has 1 aromatic carbocycles. The first-order valence-corrected chi connectivity index (χ1v) is 8.18. The highest BCUT2D eigenvalue weighted by atomic mass is 79.9. The molecule has 0 aliphatic carbocycles. The summed E-state index contributed by atoms with van der Waals surface area (Å²) in [5, 5.41) is 1.03. The van der Waals surface area contributed by atoms with Gasteiger partial charge in [-0.1, -0.05) is 44.0 Å².